The Bertz CT molecular complexity index is 2840. The van der Waals surface area contributed by atoms with E-state index in [9.17, 15) is 22.8 Å². The number of ether oxygens (including phenoxy) is 1. The molecule has 0 spiro atoms. The number of piperazine rings is 1. The molecule has 1 aliphatic carbocycles. The third-order valence-electron chi connectivity index (χ3n) is 13.0. The largest absolute Gasteiger partial charge is 0.480 e. The molecule has 3 saturated heterocycles. The van der Waals surface area contributed by atoms with Crippen LogP contribution in [0.4, 0.5) is 43.4 Å². The first-order chi connectivity index (χ1) is 30.2. The highest BCUT2D eigenvalue weighted by Gasteiger charge is 2.51. The number of piperidine rings is 2. The SMILES string of the molecule is Cn1nc(N2C(=O)CCCC2=O)c2cccc(N3CCN(S(=O)(=O)C4CCN(c5ncc(Cl)c(Nc6ccc7c(c6)c6c(c(=O)n7C)OCC(F)(F)[C@H](C7CC7)N6)n5)CC4)CC3)c21. The number of rotatable bonds is 8. The lowest BCUT2D eigenvalue weighted by atomic mass is 10.0. The molecule has 2 aromatic carbocycles. The number of amides is 2. The fourth-order valence-corrected chi connectivity index (χ4v) is 11.5. The lowest BCUT2D eigenvalue weighted by molar-refractivity contribution is -0.129. The van der Waals surface area contributed by atoms with Crippen molar-refractivity contribution in [1.82, 2.24) is 28.6 Å². The number of aromatic nitrogens is 5. The summed E-state index contributed by atoms with van der Waals surface area (Å²) < 4.78 is 68.5. The number of pyridine rings is 1. The molecule has 21 heteroatoms. The zero-order valence-electron chi connectivity index (χ0n) is 34.7. The van der Waals surface area contributed by atoms with E-state index in [1.54, 1.807) is 41.3 Å². The van der Waals surface area contributed by atoms with Crippen LogP contribution in [0.25, 0.3) is 21.8 Å². The van der Waals surface area contributed by atoms with Gasteiger partial charge < -0.3 is 29.7 Å². The van der Waals surface area contributed by atoms with Crippen LogP contribution in [-0.4, -0.2) is 112 Å². The summed E-state index contributed by atoms with van der Waals surface area (Å²) in [7, 11) is -0.290. The number of hydrogen-bond donors (Lipinski definition) is 2. The molecule has 17 nitrogen and oxygen atoms in total. The van der Waals surface area contributed by atoms with Crippen LogP contribution >= 0.6 is 11.6 Å². The van der Waals surface area contributed by atoms with Gasteiger partial charge in [0.25, 0.3) is 5.56 Å². The van der Waals surface area contributed by atoms with E-state index in [-0.39, 0.29) is 34.2 Å². The number of alkyl halides is 2. The molecule has 1 saturated carbocycles. The third-order valence-corrected chi connectivity index (χ3v) is 15.7. The van der Waals surface area contributed by atoms with E-state index in [1.807, 2.05) is 23.1 Å². The Labute approximate surface area is 366 Å². The summed E-state index contributed by atoms with van der Waals surface area (Å²) in [5, 5.41) is 11.7. The number of nitrogens with one attached hydrogen (secondary N) is 2. The van der Waals surface area contributed by atoms with Crippen molar-refractivity contribution in [3.05, 3.63) is 58.0 Å². The molecule has 1 atom stereocenters. The summed E-state index contributed by atoms with van der Waals surface area (Å²) in [6.07, 6.45) is 4.66. The molecule has 5 aromatic rings. The van der Waals surface area contributed by atoms with Crippen LogP contribution in [0.3, 0.4) is 0 Å². The predicted octanol–water partition coefficient (Wildman–Crippen LogP) is 4.99. The molecule has 10 rings (SSSR count). The monoisotopic (exact) mass is 905 g/mol. The highest BCUT2D eigenvalue weighted by Crippen LogP contribution is 2.46. The van der Waals surface area contributed by atoms with Crippen molar-refractivity contribution >= 4 is 89.9 Å². The van der Waals surface area contributed by atoms with E-state index in [2.05, 4.69) is 25.6 Å². The predicted molar refractivity (Wildman–Crippen MR) is 235 cm³/mol. The van der Waals surface area contributed by atoms with Gasteiger partial charge in [-0.15, -0.1) is 0 Å². The van der Waals surface area contributed by atoms with Crippen LogP contribution < -0.4 is 35.6 Å². The molecule has 4 fully saturated rings. The Balaban J connectivity index is 0.809. The van der Waals surface area contributed by atoms with Gasteiger partial charge in [-0.1, -0.05) is 17.7 Å². The van der Waals surface area contributed by atoms with Gasteiger partial charge >= 0.3 is 5.92 Å². The summed E-state index contributed by atoms with van der Waals surface area (Å²) >= 11 is 6.59. The first kappa shape index (κ1) is 41.4. The van der Waals surface area contributed by atoms with Crippen LogP contribution in [0.1, 0.15) is 44.9 Å². The Morgan fingerprint density at radius 3 is 2.37 bits per heavy atom. The first-order valence-corrected chi connectivity index (χ1v) is 23.1. The number of hydrogen-bond acceptors (Lipinski definition) is 13. The highest BCUT2D eigenvalue weighted by molar-refractivity contribution is 7.89. The molecular weight excluding hydrogens is 860 g/mol. The van der Waals surface area contributed by atoms with E-state index in [4.69, 9.17) is 21.3 Å². The summed E-state index contributed by atoms with van der Waals surface area (Å²) in [6, 6.07) is 9.71. The van der Waals surface area contributed by atoms with Gasteiger partial charge in [0.1, 0.15) is 5.02 Å². The van der Waals surface area contributed by atoms with Crippen LogP contribution in [0.15, 0.2) is 47.4 Å². The second-order valence-corrected chi connectivity index (χ2v) is 19.6. The fourth-order valence-electron chi connectivity index (χ4n) is 9.48. The number of imide groups is 1. The van der Waals surface area contributed by atoms with Crippen molar-refractivity contribution in [3.63, 3.8) is 0 Å². The number of nitrogens with zero attached hydrogens (tertiary/aromatic N) is 9. The maximum Gasteiger partial charge on any atom is 0.301 e. The van der Waals surface area contributed by atoms with Crippen molar-refractivity contribution < 1.29 is 31.5 Å². The van der Waals surface area contributed by atoms with Gasteiger partial charge in [0.05, 0.1) is 39.9 Å². The minimum Gasteiger partial charge on any atom is -0.480 e. The van der Waals surface area contributed by atoms with Crippen molar-refractivity contribution in [2.75, 3.05) is 71.2 Å². The van der Waals surface area contributed by atoms with Gasteiger partial charge in [0, 0.05) is 82.7 Å². The Kier molecular flexibility index (Phi) is 10.2. The second kappa shape index (κ2) is 15.6. The molecule has 4 aliphatic heterocycles. The summed E-state index contributed by atoms with van der Waals surface area (Å²) in [5.41, 5.74) is 2.40. The number of anilines is 6. The first-order valence-electron chi connectivity index (χ1n) is 21.2. The molecule has 0 bridgehead atoms. The Hall–Kier alpha value is -5.60. The molecule has 7 heterocycles. The maximum absolute atomic E-state index is 15.2. The number of sulfonamides is 1. The summed E-state index contributed by atoms with van der Waals surface area (Å²) in [4.78, 5) is 53.2. The van der Waals surface area contributed by atoms with Gasteiger partial charge in [-0.2, -0.15) is 14.4 Å². The quantitative estimate of drug-likeness (QED) is 0.199. The number of carbonyl (C=O) groups is 2. The van der Waals surface area contributed by atoms with Crippen molar-refractivity contribution in [3.8, 4) is 5.75 Å². The van der Waals surface area contributed by atoms with Gasteiger partial charge in [-0.3, -0.25) is 19.1 Å². The molecule has 63 heavy (non-hydrogen) atoms. The lowest BCUT2D eigenvalue weighted by Crippen LogP contribution is -2.53. The number of fused-ring (bicyclic) bond motifs is 4. The highest BCUT2D eigenvalue weighted by atomic mass is 35.5. The Morgan fingerprint density at radius 1 is 0.921 bits per heavy atom. The zero-order valence-corrected chi connectivity index (χ0v) is 36.3. The molecule has 0 unspecified atom stereocenters. The number of aryl methyl sites for hydroxylation is 2. The number of carbonyl (C=O) groups excluding carboxylic acids is 2. The molecule has 2 N–H and O–H groups in total. The smallest absolute Gasteiger partial charge is 0.301 e. The standard InChI is InChI=1S/C42H46ClF2N11O6S/c1-51-30-12-11-25(21-28(30)34-36(40(51)59)62-23-42(44,45)37(48-34)24-9-10-24)47-38-29(43)22-46-41(49-38)54-15-13-26(14-16-54)63(60,61)55-19-17-53(18-20-55)31-6-3-5-27-35(31)52(2)50-39(27)56-32(57)7-4-8-33(56)58/h3,5-6,11-12,21-22,24,26,37,48H,4,7-10,13-20,23H2,1-2H3,(H,46,47,49)/t37-/m0/s1. The van der Waals surface area contributed by atoms with Crippen molar-refractivity contribution in [2.24, 2.45) is 20.0 Å². The number of para-hydroxylation sites is 1. The maximum atomic E-state index is 15.2. The minimum atomic E-state index is -3.64. The number of benzene rings is 2. The summed E-state index contributed by atoms with van der Waals surface area (Å²) in [5.74, 6) is -3.07. The van der Waals surface area contributed by atoms with E-state index in [0.29, 0.717) is 124 Å². The van der Waals surface area contributed by atoms with Crippen LogP contribution in [-0.2, 0) is 33.7 Å². The van der Waals surface area contributed by atoms with Crippen LogP contribution in [0.2, 0.25) is 5.02 Å². The number of halogens is 3. The third kappa shape index (κ3) is 7.28. The normalized spacial score (nSPS) is 21.3. The molecular formula is C42H46ClF2N11O6S. The molecule has 3 aromatic heterocycles. The van der Waals surface area contributed by atoms with Crippen LogP contribution in [0.5, 0.6) is 5.75 Å². The van der Waals surface area contributed by atoms with Gasteiger partial charge in [0.15, 0.2) is 18.2 Å². The van der Waals surface area contributed by atoms with Crippen LogP contribution in [0, 0.1) is 5.92 Å². The van der Waals surface area contributed by atoms with E-state index < -0.39 is 39.4 Å². The minimum absolute atomic E-state index is 0.152. The van der Waals surface area contributed by atoms with Gasteiger partial charge in [-0.25, -0.2) is 27.1 Å². The van der Waals surface area contributed by atoms with E-state index in [0.717, 1.165) is 11.2 Å². The second-order valence-electron chi connectivity index (χ2n) is 17.0. The molecule has 332 valence electrons. The molecule has 2 amide bonds. The van der Waals surface area contributed by atoms with E-state index in [1.165, 1.54) is 15.7 Å². The van der Waals surface area contributed by atoms with Gasteiger partial charge in [-0.05, 0) is 68.4 Å². The average Bonchev–Trinajstić information content (AvgIpc) is 4.08. The zero-order chi connectivity index (χ0) is 43.9. The lowest BCUT2D eigenvalue weighted by Gasteiger charge is -2.39. The topological polar surface area (TPSA) is 180 Å². The van der Waals surface area contributed by atoms with Gasteiger partial charge in [0.2, 0.25) is 33.5 Å². The summed E-state index contributed by atoms with van der Waals surface area (Å²) in [6.45, 7) is 1.40. The fraction of sp³-hybridized carbons (Fsp3) is 0.476. The van der Waals surface area contributed by atoms with Crippen molar-refractivity contribution in [1.29, 1.82) is 0 Å². The molecule has 5 aliphatic rings. The average molecular weight is 906 g/mol. The molecule has 0 radical (unpaired) electrons. The Morgan fingerprint density at radius 2 is 1.65 bits per heavy atom. The van der Waals surface area contributed by atoms with Crippen molar-refractivity contribution in [2.45, 2.75) is 62.2 Å². The van der Waals surface area contributed by atoms with E-state index >= 15 is 8.78 Å².